The van der Waals surface area contributed by atoms with Crippen LogP contribution in [-0.2, 0) is 17.9 Å². The molecule has 2 aromatic heterocycles. The first-order valence-electron chi connectivity index (χ1n) is 9.26. The van der Waals surface area contributed by atoms with Gasteiger partial charge in [-0.3, -0.25) is 19.4 Å². The van der Waals surface area contributed by atoms with Crippen LogP contribution in [0.1, 0.15) is 34.6 Å². The van der Waals surface area contributed by atoms with Crippen LogP contribution in [0.3, 0.4) is 0 Å². The highest BCUT2D eigenvalue weighted by atomic mass is 16.2. The molecule has 0 radical (unpaired) electrons. The minimum Gasteiger partial charge on any atom is -0.348 e. The summed E-state index contributed by atoms with van der Waals surface area (Å²) in [4.78, 5) is 41.0. The van der Waals surface area contributed by atoms with Crippen molar-refractivity contribution in [3.8, 4) is 0 Å². The lowest BCUT2D eigenvalue weighted by Gasteiger charge is -2.14. The van der Waals surface area contributed by atoms with Crippen molar-refractivity contribution < 1.29 is 9.59 Å². The van der Waals surface area contributed by atoms with Gasteiger partial charge in [-0.2, -0.15) is 0 Å². The molecule has 0 saturated carbocycles. The highest BCUT2D eigenvalue weighted by Gasteiger charge is 2.13. The zero-order chi connectivity index (χ0) is 20.6. The Hall–Kier alpha value is -3.74. The van der Waals surface area contributed by atoms with Gasteiger partial charge in [-0.05, 0) is 30.7 Å². The molecule has 0 aliphatic heterocycles. The second-order valence-corrected chi connectivity index (χ2v) is 6.60. The van der Waals surface area contributed by atoms with E-state index in [9.17, 15) is 14.4 Å². The number of aromatic nitrogens is 2. The zero-order valence-electron chi connectivity index (χ0n) is 16.0. The molecular weight excluding hydrogens is 368 g/mol. The van der Waals surface area contributed by atoms with E-state index >= 15 is 0 Å². The molecule has 0 aliphatic rings. The van der Waals surface area contributed by atoms with Gasteiger partial charge in [-0.15, -0.1) is 0 Å². The highest BCUT2D eigenvalue weighted by Crippen LogP contribution is 2.07. The summed E-state index contributed by atoms with van der Waals surface area (Å²) < 4.78 is 1.22. The highest BCUT2D eigenvalue weighted by molar-refractivity contribution is 5.93. The van der Waals surface area contributed by atoms with E-state index in [4.69, 9.17) is 0 Å². The maximum atomic E-state index is 12.4. The van der Waals surface area contributed by atoms with Gasteiger partial charge in [0.05, 0.1) is 17.3 Å². The molecule has 0 unspecified atom stereocenters. The van der Waals surface area contributed by atoms with Crippen LogP contribution in [0.5, 0.6) is 0 Å². The number of rotatable bonds is 7. The van der Waals surface area contributed by atoms with Gasteiger partial charge in [0.1, 0.15) is 6.54 Å². The van der Waals surface area contributed by atoms with Gasteiger partial charge in [0.15, 0.2) is 0 Å². The Bertz CT molecular complexity index is 1030. The number of carbonyl (C=O) groups is 2. The van der Waals surface area contributed by atoms with Crippen LogP contribution in [0.15, 0.2) is 77.9 Å². The molecule has 7 nitrogen and oxygen atoms in total. The summed E-state index contributed by atoms with van der Waals surface area (Å²) in [7, 11) is 0. The van der Waals surface area contributed by atoms with Gasteiger partial charge >= 0.3 is 0 Å². The fourth-order valence-corrected chi connectivity index (χ4v) is 2.82. The van der Waals surface area contributed by atoms with E-state index in [-0.39, 0.29) is 30.0 Å². The second-order valence-electron chi connectivity index (χ2n) is 6.60. The van der Waals surface area contributed by atoms with Crippen molar-refractivity contribution in [3.05, 3.63) is 100 Å². The molecule has 2 amide bonds. The Balaban J connectivity index is 1.63. The molecule has 29 heavy (non-hydrogen) atoms. The lowest BCUT2D eigenvalue weighted by molar-refractivity contribution is -0.122. The van der Waals surface area contributed by atoms with Crippen molar-refractivity contribution >= 4 is 11.8 Å². The Morgan fingerprint density at radius 1 is 1.03 bits per heavy atom. The number of nitrogens with zero attached hydrogens (tertiary/aromatic N) is 2. The first-order valence-corrected chi connectivity index (χ1v) is 9.26. The number of benzene rings is 1. The van der Waals surface area contributed by atoms with Crippen molar-refractivity contribution in [3.63, 3.8) is 0 Å². The van der Waals surface area contributed by atoms with Crippen molar-refractivity contribution in [2.45, 2.75) is 26.1 Å². The molecule has 0 spiro atoms. The smallest absolute Gasteiger partial charge is 0.253 e. The van der Waals surface area contributed by atoms with Crippen LogP contribution in [0.2, 0.25) is 0 Å². The van der Waals surface area contributed by atoms with E-state index in [2.05, 4.69) is 15.6 Å². The standard InChI is InChI=1S/C22H22N4O3/c1-16(19-9-5-6-12-23-19)25-20(27)15-26-14-18(10-11-21(26)28)22(29)24-13-17-7-3-2-4-8-17/h2-12,14,16H,13,15H2,1H3,(H,24,29)(H,25,27)/t16-/m0/s1. The van der Waals surface area contributed by atoms with Gasteiger partial charge in [0.25, 0.3) is 11.5 Å². The summed E-state index contributed by atoms with van der Waals surface area (Å²) in [6.07, 6.45) is 3.05. The topological polar surface area (TPSA) is 93.1 Å². The Morgan fingerprint density at radius 2 is 1.79 bits per heavy atom. The summed E-state index contributed by atoms with van der Waals surface area (Å²) in [5, 5.41) is 5.61. The van der Waals surface area contributed by atoms with Gasteiger partial charge in [-0.25, -0.2) is 0 Å². The maximum absolute atomic E-state index is 12.4. The molecule has 2 heterocycles. The maximum Gasteiger partial charge on any atom is 0.253 e. The van der Waals surface area contributed by atoms with Gasteiger partial charge in [0, 0.05) is 25.0 Å². The van der Waals surface area contributed by atoms with Crippen molar-refractivity contribution in [2.24, 2.45) is 0 Å². The molecule has 148 valence electrons. The lowest BCUT2D eigenvalue weighted by atomic mass is 10.2. The summed E-state index contributed by atoms with van der Waals surface area (Å²) in [5.41, 5.74) is 1.65. The SMILES string of the molecule is C[C@H](NC(=O)Cn1cc(C(=O)NCc2ccccc2)ccc1=O)c1ccccn1. The van der Waals surface area contributed by atoms with Crippen LogP contribution in [-0.4, -0.2) is 21.4 Å². The lowest BCUT2D eigenvalue weighted by Crippen LogP contribution is -2.34. The third-order valence-electron chi connectivity index (χ3n) is 4.36. The molecule has 3 rings (SSSR count). The molecule has 0 fully saturated rings. The van der Waals surface area contributed by atoms with Crippen LogP contribution in [0, 0.1) is 0 Å². The molecule has 3 aromatic rings. The van der Waals surface area contributed by atoms with Gasteiger partial charge < -0.3 is 15.2 Å². The monoisotopic (exact) mass is 390 g/mol. The van der Waals surface area contributed by atoms with Crippen LogP contribution in [0.25, 0.3) is 0 Å². The fourth-order valence-electron chi connectivity index (χ4n) is 2.82. The number of hydrogen-bond donors (Lipinski definition) is 2. The van der Waals surface area contributed by atoms with E-state index in [1.54, 1.807) is 12.3 Å². The van der Waals surface area contributed by atoms with Crippen molar-refractivity contribution in [1.82, 2.24) is 20.2 Å². The first-order chi connectivity index (χ1) is 14.0. The Morgan fingerprint density at radius 3 is 2.52 bits per heavy atom. The molecule has 0 saturated heterocycles. The number of pyridine rings is 2. The molecule has 2 N–H and O–H groups in total. The normalized spacial score (nSPS) is 11.5. The first kappa shape index (κ1) is 20.0. The molecule has 0 bridgehead atoms. The number of nitrogens with one attached hydrogen (secondary N) is 2. The van der Waals surface area contributed by atoms with Crippen molar-refractivity contribution in [2.75, 3.05) is 0 Å². The largest absolute Gasteiger partial charge is 0.348 e. The van der Waals surface area contributed by atoms with Crippen LogP contribution >= 0.6 is 0 Å². The predicted octanol–water partition coefficient (Wildman–Crippen LogP) is 2.05. The summed E-state index contributed by atoms with van der Waals surface area (Å²) in [6, 6.07) is 17.4. The molecular formula is C22H22N4O3. The summed E-state index contributed by atoms with van der Waals surface area (Å²) in [5.74, 6) is -0.656. The molecule has 0 aliphatic carbocycles. The van der Waals surface area contributed by atoms with E-state index < -0.39 is 0 Å². The third kappa shape index (κ3) is 5.62. The number of hydrogen-bond acceptors (Lipinski definition) is 4. The third-order valence-corrected chi connectivity index (χ3v) is 4.36. The number of carbonyl (C=O) groups excluding carboxylic acids is 2. The van der Waals surface area contributed by atoms with Gasteiger partial charge in [-0.1, -0.05) is 36.4 Å². The molecule has 7 heteroatoms. The van der Waals surface area contributed by atoms with E-state index in [0.717, 1.165) is 11.3 Å². The van der Waals surface area contributed by atoms with E-state index in [1.807, 2.05) is 49.4 Å². The van der Waals surface area contributed by atoms with Crippen LogP contribution in [0.4, 0.5) is 0 Å². The average Bonchev–Trinajstić information content (AvgIpc) is 2.75. The zero-order valence-corrected chi connectivity index (χ0v) is 16.0. The van der Waals surface area contributed by atoms with Gasteiger partial charge in [0.2, 0.25) is 5.91 Å². The number of amides is 2. The molecule has 1 atom stereocenters. The Kier molecular flexibility index (Phi) is 6.52. The minimum absolute atomic E-state index is 0.185. The summed E-state index contributed by atoms with van der Waals surface area (Å²) >= 11 is 0. The van der Waals surface area contributed by atoms with Crippen LogP contribution < -0.4 is 16.2 Å². The summed E-state index contributed by atoms with van der Waals surface area (Å²) in [6.45, 7) is 2.01. The Labute approximate surface area is 168 Å². The van der Waals surface area contributed by atoms with E-state index in [0.29, 0.717) is 12.1 Å². The predicted molar refractivity (Wildman–Crippen MR) is 109 cm³/mol. The average molecular weight is 390 g/mol. The fraction of sp³-hybridized carbons (Fsp3) is 0.182. The quantitative estimate of drug-likeness (QED) is 0.646. The minimum atomic E-state index is -0.356. The molecule has 1 aromatic carbocycles. The van der Waals surface area contributed by atoms with E-state index in [1.165, 1.54) is 22.9 Å². The van der Waals surface area contributed by atoms with Crippen molar-refractivity contribution in [1.29, 1.82) is 0 Å². The second kappa shape index (κ2) is 9.45.